The quantitative estimate of drug-likeness (QED) is 0.719. The van der Waals surface area contributed by atoms with Gasteiger partial charge in [-0.05, 0) is 70.3 Å². The zero-order valence-electron chi connectivity index (χ0n) is 19.0. The van der Waals surface area contributed by atoms with Crippen LogP contribution in [-0.4, -0.2) is 60.6 Å². The largest absolute Gasteiger partial charge is 0.371 e. The molecule has 2 N–H and O–H groups in total. The summed E-state index contributed by atoms with van der Waals surface area (Å²) in [6, 6.07) is 9.76. The molecule has 8 nitrogen and oxygen atoms in total. The second-order valence-corrected chi connectivity index (χ2v) is 8.93. The summed E-state index contributed by atoms with van der Waals surface area (Å²) < 4.78 is 5.35. The summed E-state index contributed by atoms with van der Waals surface area (Å²) in [5.74, 6) is 0.628. The number of aromatic nitrogens is 1. The van der Waals surface area contributed by atoms with E-state index in [1.807, 2.05) is 37.3 Å². The first-order valence-corrected chi connectivity index (χ1v) is 11.6. The van der Waals surface area contributed by atoms with Gasteiger partial charge in [-0.25, -0.2) is 0 Å². The highest BCUT2D eigenvalue weighted by atomic mass is 16.5. The number of rotatable bonds is 6. The second kappa shape index (κ2) is 10.2. The molecule has 2 aliphatic rings. The lowest BCUT2D eigenvalue weighted by Gasteiger charge is -2.37. The number of nitrogens with zero attached hydrogens (tertiary/aromatic N) is 3. The summed E-state index contributed by atoms with van der Waals surface area (Å²) >= 11 is 0. The molecule has 0 aliphatic carbocycles. The fourth-order valence-electron chi connectivity index (χ4n) is 4.57. The predicted molar refractivity (Wildman–Crippen MR) is 122 cm³/mol. The third-order valence-electron chi connectivity index (χ3n) is 6.51. The van der Waals surface area contributed by atoms with Crippen LogP contribution in [0.2, 0.25) is 0 Å². The SMILES string of the molecule is Cc1cc(CN(C)C2CCN(c3ccc(C(=O)N[C@H]4CCCCNC4=O)cc3)CC2)on1. The van der Waals surface area contributed by atoms with Crippen molar-refractivity contribution in [1.29, 1.82) is 0 Å². The van der Waals surface area contributed by atoms with Gasteiger partial charge in [-0.15, -0.1) is 0 Å². The Bertz CT molecular complexity index is 918. The van der Waals surface area contributed by atoms with E-state index in [1.165, 1.54) is 0 Å². The van der Waals surface area contributed by atoms with Crippen LogP contribution in [0.25, 0.3) is 0 Å². The molecule has 0 spiro atoms. The Kier molecular flexibility index (Phi) is 7.09. The summed E-state index contributed by atoms with van der Waals surface area (Å²) in [4.78, 5) is 29.4. The molecule has 2 saturated heterocycles. The first-order valence-electron chi connectivity index (χ1n) is 11.6. The maximum atomic E-state index is 12.6. The van der Waals surface area contributed by atoms with Gasteiger partial charge >= 0.3 is 0 Å². The van der Waals surface area contributed by atoms with Gasteiger partial charge < -0.3 is 20.1 Å². The molecule has 0 radical (unpaired) electrons. The van der Waals surface area contributed by atoms with Crippen molar-refractivity contribution >= 4 is 17.5 Å². The highest BCUT2D eigenvalue weighted by molar-refractivity contribution is 5.97. The van der Waals surface area contributed by atoms with Crippen LogP contribution < -0.4 is 15.5 Å². The molecule has 32 heavy (non-hydrogen) atoms. The van der Waals surface area contributed by atoms with Crippen LogP contribution in [0.15, 0.2) is 34.9 Å². The van der Waals surface area contributed by atoms with E-state index in [2.05, 4.69) is 32.6 Å². The predicted octanol–water partition coefficient (Wildman–Crippen LogP) is 2.48. The van der Waals surface area contributed by atoms with E-state index in [-0.39, 0.29) is 11.8 Å². The number of hydrogen-bond donors (Lipinski definition) is 2. The molecule has 1 aromatic carbocycles. The number of hydrogen-bond acceptors (Lipinski definition) is 6. The third-order valence-corrected chi connectivity index (χ3v) is 6.51. The first kappa shape index (κ1) is 22.3. The Labute approximate surface area is 189 Å². The smallest absolute Gasteiger partial charge is 0.251 e. The molecular weight excluding hydrogens is 406 g/mol. The molecule has 2 aromatic rings. The molecular formula is C24H33N5O3. The highest BCUT2D eigenvalue weighted by Crippen LogP contribution is 2.23. The summed E-state index contributed by atoms with van der Waals surface area (Å²) in [6.45, 7) is 5.34. The maximum Gasteiger partial charge on any atom is 0.251 e. The molecule has 2 aliphatic heterocycles. The van der Waals surface area contributed by atoms with Crippen molar-refractivity contribution < 1.29 is 14.1 Å². The monoisotopic (exact) mass is 439 g/mol. The normalized spacial score (nSPS) is 20.2. The number of aryl methyl sites for hydroxylation is 1. The number of carbonyl (C=O) groups excluding carboxylic acids is 2. The number of benzene rings is 1. The molecule has 2 fully saturated rings. The molecule has 172 valence electrons. The summed E-state index contributed by atoms with van der Waals surface area (Å²) in [5, 5.41) is 9.71. The fourth-order valence-corrected chi connectivity index (χ4v) is 4.57. The molecule has 1 atom stereocenters. The first-order chi connectivity index (χ1) is 15.5. The van der Waals surface area contributed by atoms with Gasteiger partial charge in [-0.1, -0.05) is 5.16 Å². The Morgan fingerprint density at radius 1 is 1.22 bits per heavy atom. The molecule has 4 rings (SSSR count). The lowest BCUT2D eigenvalue weighted by atomic mass is 10.0. The van der Waals surface area contributed by atoms with E-state index in [0.29, 0.717) is 24.6 Å². The average Bonchev–Trinajstić information content (AvgIpc) is 3.11. The summed E-state index contributed by atoms with van der Waals surface area (Å²) in [6.07, 6.45) is 4.73. The fraction of sp³-hybridized carbons (Fsp3) is 0.542. The van der Waals surface area contributed by atoms with Crippen molar-refractivity contribution in [2.45, 2.75) is 57.7 Å². The summed E-state index contributed by atoms with van der Waals surface area (Å²) in [7, 11) is 2.14. The van der Waals surface area contributed by atoms with Gasteiger partial charge in [-0.3, -0.25) is 14.5 Å². The average molecular weight is 440 g/mol. The number of piperidine rings is 1. The van der Waals surface area contributed by atoms with E-state index in [0.717, 1.165) is 62.5 Å². The molecule has 0 saturated carbocycles. The van der Waals surface area contributed by atoms with Gasteiger partial charge in [0, 0.05) is 43.0 Å². The minimum absolute atomic E-state index is 0.0845. The Morgan fingerprint density at radius 2 is 1.97 bits per heavy atom. The van der Waals surface area contributed by atoms with Crippen molar-refractivity contribution in [3.05, 3.63) is 47.3 Å². The van der Waals surface area contributed by atoms with Crippen molar-refractivity contribution in [2.24, 2.45) is 0 Å². The van der Waals surface area contributed by atoms with Crippen LogP contribution >= 0.6 is 0 Å². The minimum Gasteiger partial charge on any atom is -0.371 e. The van der Waals surface area contributed by atoms with Crippen LogP contribution in [-0.2, 0) is 11.3 Å². The van der Waals surface area contributed by atoms with Crippen molar-refractivity contribution in [3.63, 3.8) is 0 Å². The maximum absolute atomic E-state index is 12.6. The molecule has 1 aromatic heterocycles. The van der Waals surface area contributed by atoms with E-state index < -0.39 is 6.04 Å². The molecule has 3 heterocycles. The number of amides is 2. The van der Waals surface area contributed by atoms with Crippen LogP contribution in [0, 0.1) is 6.92 Å². The zero-order valence-corrected chi connectivity index (χ0v) is 19.0. The van der Waals surface area contributed by atoms with E-state index in [1.54, 1.807) is 0 Å². The van der Waals surface area contributed by atoms with E-state index >= 15 is 0 Å². The van der Waals surface area contributed by atoms with Crippen molar-refractivity contribution in [2.75, 3.05) is 31.6 Å². The van der Waals surface area contributed by atoms with Gasteiger partial charge in [0.15, 0.2) is 5.76 Å². The Hall–Kier alpha value is -2.87. The van der Waals surface area contributed by atoms with E-state index in [4.69, 9.17) is 4.52 Å². The van der Waals surface area contributed by atoms with Crippen molar-refractivity contribution in [3.8, 4) is 0 Å². The van der Waals surface area contributed by atoms with Crippen LogP contribution in [0.1, 0.15) is 53.9 Å². The van der Waals surface area contributed by atoms with Gasteiger partial charge in [0.25, 0.3) is 5.91 Å². The zero-order chi connectivity index (χ0) is 22.5. The molecule has 2 amide bonds. The van der Waals surface area contributed by atoms with E-state index in [9.17, 15) is 9.59 Å². The van der Waals surface area contributed by atoms with Gasteiger partial charge in [0.1, 0.15) is 6.04 Å². The highest BCUT2D eigenvalue weighted by Gasteiger charge is 2.25. The molecule has 8 heteroatoms. The summed E-state index contributed by atoms with van der Waals surface area (Å²) in [5.41, 5.74) is 2.63. The number of carbonyl (C=O) groups is 2. The number of nitrogens with one attached hydrogen (secondary N) is 2. The Morgan fingerprint density at radius 3 is 2.66 bits per heavy atom. The lowest BCUT2D eigenvalue weighted by molar-refractivity contribution is -0.122. The topological polar surface area (TPSA) is 90.7 Å². The Balaban J connectivity index is 1.28. The minimum atomic E-state index is -0.443. The van der Waals surface area contributed by atoms with Gasteiger partial charge in [-0.2, -0.15) is 0 Å². The van der Waals surface area contributed by atoms with Gasteiger partial charge in [0.05, 0.1) is 12.2 Å². The van der Waals surface area contributed by atoms with Crippen LogP contribution in [0.4, 0.5) is 5.69 Å². The standard InChI is InChI=1S/C24H33N5O3/c1-17-15-21(32-27-17)16-28(2)19-10-13-29(14-11-19)20-8-6-18(7-9-20)23(30)26-22-5-3-4-12-25-24(22)31/h6-9,15,19,22H,3-5,10-14,16H2,1-2H3,(H,25,31)(H,26,30)/t22-/m0/s1. The number of anilines is 1. The molecule has 0 bridgehead atoms. The van der Waals surface area contributed by atoms with Crippen LogP contribution in [0.5, 0.6) is 0 Å². The third kappa shape index (κ3) is 5.48. The second-order valence-electron chi connectivity index (χ2n) is 8.93. The van der Waals surface area contributed by atoms with Crippen LogP contribution in [0.3, 0.4) is 0 Å². The lowest BCUT2D eigenvalue weighted by Crippen LogP contribution is -2.45. The van der Waals surface area contributed by atoms with Gasteiger partial charge in [0.2, 0.25) is 5.91 Å². The van der Waals surface area contributed by atoms with Crippen molar-refractivity contribution in [1.82, 2.24) is 20.7 Å². The molecule has 0 unspecified atom stereocenters.